The number of carbonyl (C=O) groups is 1. The van der Waals surface area contributed by atoms with Gasteiger partial charge in [-0.3, -0.25) is 4.79 Å². The Morgan fingerprint density at radius 2 is 1.10 bits per heavy atom. The van der Waals surface area contributed by atoms with Crippen LogP contribution >= 0.6 is 31.9 Å². The van der Waals surface area contributed by atoms with Gasteiger partial charge < -0.3 is 0 Å². The van der Waals surface area contributed by atoms with Gasteiger partial charge in [0.2, 0.25) is 0 Å². The molecule has 2 aromatic rings. The van der Waals surface area contributed by atoms with Crippen LogP contribution in [-0.2, 0) is 0 Å². The lowest BCUT2D eigenvalue weighted by Crippen LogP contribution is -2.10. The number of carbonyl (C=O) groups excluding carboxylic acids is 1. The van der Waals surface area contributed by atoms with E-state index in [0.29, 0.717) is 5.56 Å². The van der Waals surface area contributed by atoms with Crippen molar-refractivity contribution in [3.63, 3.8) is 0 Å². The summed E-state index contributed by atoms with van der Waals surface area (Å²) < 4.78 is 1.80. The number of hydrogen-bond donors (Lipinski definition) is 0. The zero-order valence-corrected chi connectivity index (χ0v) is 16.1. The second kappa shape index (κ2) is 6.05. The lowest BCUT2D eigenvalue weighted by Gasteiger charge is -2.18. The van der Waals surface area contributed by atoms with Crippen molar-refractivity contribution in [2.45, 2.75) is 34.6 Å². The average Bonchev–Trinajstić information content (AvgIpc) is 2.42. The number of benzene rings is 2. The maximum absolute atomic E-state index is 13.0. The molecule has 2 rings (SSSR count). The minimum absolute atomic E-state index is 0.0817. The molecule has 0 aromatic heterocycles. The summed E-state index contributed by atoms with van der Waals surface area (Å²) in [5.41, 5.74) is 7.38. The van der Waals surface area contributed by atoms with Crippen LogP contribution in [0.4, 0.5) is 0 Å². The molecule has 3 heteroatoms. The second-order valence-corrected chi connectivity index (χ2v) is 7.32. The maximum atomic E-state index is 13.0. The van der Waals surface area contributed by atoms with Crippen molar-refractivity contribution in [3.05, 3.63) is 66.1 Å². The summed E-state index contributed by atoms with van der Waals surface area (Å²) in [6.45, 7) is 10.4. The molecule has 0 saturated carbocycles. The summed E-state index contributed by atoms with van der Waals surface area (Å²) in [5.74, 6) is 0.0817. The van der Waals surface area contributed by atoms with Crippen LogP contribution in [0.25, 0.3) is 0 Å². The molecule has 0 radical (unpaired) electrons. The SMILES string of the molecule is Cc1c(C)c(C)c(C(=O)c2cc(Br)cc(Br)c2)c(C)c1C. The molecule has 2 aromatic carbocycles. The Hall–Kier alpha value is -0.930. The largest absolute Gasteiger partial charge is 0.289 e. The minimum Gasteiger partial charge on any atom is -0.289 e. The van der Waals surface area contributed by atoms with E-state index in [2.05, 4.69) is 52.6 Å². The first kappa shape index (κ1) is 16.4. The minimum atomic E-state index is 0.0817. The van der Waals surface area contributed by atoms with Crippen LogP contribution < -0.4 is 0 Å². The smallest absolute Gasteiger partial charge is 0.193 e. The van der Waals surface area contributed by atoms with Gasteiger partial charge in [0.25, 0.3) is 0 Å². The normalized spacial score (nSPS) is 10.8. The van der Waals surface area contributed by atoms with E-state index in [1.165, 1.54) is 16.7 Å². The third kappa shape index (κ3) is 3.00. The van der Waals surface area contributed by atoms with Crippen molar-refractivity contribution < 1.29 is 4.79 Å². The monoisotopic (exact) mass is 408 g/mol. The van der Waals surface area contributed by atoms with E-state index >= 15 is 0 Å². The van der Waals surface area contributed by atoms with Crippen LogP contribution in [0.5, 0.6) is 0 Å². The van der Waals surface area contributed by atoms with Crippen molar-refractivity contribution in [3.8, 4) is 0 Å². The van der Waals surface area contributed by atoms with E-state index in [1.807, 2.05) is 32.0 Å². The molecule has 0 heterocycles. The van der Waals surface area contributed by atoms with Gasteiger partial charge in [-0.15, -0.1) is 0 Å². The van der Waals surface area contributed by atoms with Crippen LogP contribution in [0.2, 0.25) is 0 Å². The average molecular weight is 410 g/mol. The highest BCUT2D eigenvalue weighted by Crippen LogP contribution is 2.29. The zero-order chi connectivity index (χ0) is 15.9. The van der Waals surface area contributed by atoms with Crippen LogP contribution in [0, 0.1) is 34.6 Å². The fourth-order valence-electron chi connectivity index (χ4n) is 2.67. The van der Waals surface area contributed by atoms with Crippen molar-refractivity contribution in [1.82, 2.24) is 0 Å². The topological polar surface area (TPSA) is 17.1 Å². The van der Waals surface area contributed by atoms with Crippen LogP contribution in [0.1, 0.15) is 43.7 Å². The van der Waals surface area contributed by atoms with Gasteiger partial charge in [-0.25, -0.2) is 0 Å². The molecule has 110 valence electrons. The molecular weight excluding hydrogens is 392 g/mol. The Balaban J connectivity index is 2.69. The molecule has 0 N–H and O–H groups in total. The fourth-order valence-corrected chi connectivity index (χ4v) is 3.96. The first-order chi connectivity index (χ1) is 9.73. The molecule has 1 nitrogen and oxygen atoms in total. The Labute approximate surface area is 143 Å². The molecule has 0 aliphatic heterocycles. The fraction of sp³-hybridized carbons (Fsp3) is 0.278. The lowest BCUT2D eigenvalue weighted by atomic mass is 9.86. The summed E-state index contributed by atoms with van der Waals surface area (Å²) in [7, 11) is 0. The predicted octanol–water partition coefficient (Wildman–Crippen LogP) is 5.98. The van der Waals surface area contributed by atoms with E-state index in [1.54, 1.807) is 0 Å². The van der Waals surface area contributed by atoms with Crippen molar-refractivity contribution in [2.75, 3.05) is 0 Å². The molecule has 21 heavy (non-hydrogen) atoms. The van der Waals surface area contributed by atoms with Gasteiger partial charge in [-0.2, -0.15) is 0 Å². The molecule has 0 spiro atoms. The predicted molar refractivity (Wildman–Crippen MR) is 95.4 cm³/mol. The van der Waals surface area contributed by atoms with Crippen molar-refractivity contribution in [1.29, 1.82) is 0 Å². The molecule has 0 unspecified atom stereocenters. The van der Waals surface area contributed by atoms with Gasteiger partial charge in [-0.1, -0.05) is 31.9 Å². The van der Waals surface area contributed by atoms with Crippen LogP contribution in [0.3, 0.4) is 0 Å². The van der Waals surface area contributed by atoms with Gasteiger partial charge >= 0.3 is 0 Å². The van der Waals surface area contributed by atoms with E-state index in [4.69, 9.17) is 0 Å². The first-order valence-corrected chi connectivity index (χ1v) is 8.40. The van der Waals surface area contributed by atoms with Gasteiger partial charge in [-0.05, 0) is 80.6 Å². The highest BCUT2D eigenvalue weighted by atomic mass is 79.9. The molecule has 0 fully saturated rings. The summed E-state index contributed by atoms with van der Waals surface area (Å²) in [6, 6.07) is 5.68. The number of halogens is 2. The summed E-state index contributed by atoms with van der Waals surface area (Å²) >= 11 is 6.90. The number of ketones is 1. The maximum Gasteiger partial charge on any atom is 0.193 e. The van der Waals surface area contributed by atoms with E-state index < -0.39 is 0 Å². The zero-order valence-electron chi connectivity index (χ0n) is 12.9. The standard InChI is InChI=1S/C18H18Br2O/c1-9-10(2)12(4)17(13(5)11(9)3)18(21)14-6-15(19)8-16(20)7-14/h6-8H,1-5H3. The van der Waals surface area contributed by atoms with Crippen molar-refractivity contribution >= 4 is 37.6 Å². The Bertz CT molecular complexity index is 696. The quantitative estimate of drug-likeness (QED) is 0.557. The van der Waals surface area contributed by atoms with Gasteiger partial charge in [0.15, 0.2) is 5.78 Å². The Morgan fingerprint density at radius 1 is 0.714 bits per heavy atom. The molecular formula is C18H18Br2O. The second-order valence-electron chi connectivity index (χ2n) is 5.49. The number of hydrogen-bond acceptors (Lipinski definition) is 1. The van der Waals surface area contributed by atoms with E-state index in [9.17, 15) is 4.79 Å². The third-order valence-corrected chi connectivity index (χ3v) is 5.27. The highest BCUT2D eigenvalue weighted by molar-refractivity contribution is 9.11. The molecule has 0 atom stereocenters. The van der Waals surface area contributed by atoms with Crippen molar-refractivity contribution in [2.24, 2.45) is 0 Å². The lowest BCUT2D eigenvalue weighted by molar-refractivity contribution is 0.103. The molecule has 0 aliphatic rings. The van der Waals surface area contributed by atoms with Crippen LogP contribution in [0.15, 0.2) is 27.1 Å². The summed E-state index contributed by atoms with van der Waals surface area (Å²) in [6.07, 6.45) is 0. The Morgan fingerprint density at radius 3 is 1.52 bits per heavy atom. The highest BCUT2D eigenvalue weighted by Gasteiger charge is 2.20. The molecule has 0 bridgehead atoms. The molecule has 0 aliphatic carbocycles. The van der Waals surface area contributed by atoms with E-state index in [0.717, 1.165) is 25.6 Å². The first-order valence-electron chi connectivity index (χ1n) is 6.81. The summed E-state index contributed by atoms with van der Waals surface area (Å²) in [5, 5.41) is 0. The van der Waals surface area contributed by atoms with Gasteiger partial charge in [0.1, 0.15) is 0 Å². The van der Waals surface area contributed by atoms with Gasteiger partial charge in [0.05, 0.1) is 0 Å². The molecule has 0 amide bonds. The third-order valence-electron chi connectivity index (χ3n) is 4.35. The van der Waals surface area contributed by atoms with Crippen LogP contribution in [-0.4, -0.2) is 5.78 Å². The summed E-state index contributed by atoms with van der Waals surface area (Å²) in [4.78, 5) is 13.0. The Kier molecular flexibility index (Phi) is 4.74. The van der Waals surface area contributed by atoms with E-state index in [-0.39, 0.29) is 5.78 Å². The number of rotatable bonds is 2. The van der Waals surface area contributed by atoms with Gasteiger partial charge in [0, 0.05) is 20.1 Å². The molecule has 0 saturated heterocycles.